The van der Waals surface area contributed by atoms with E-state index in [0.717, 1.165) is 15.1 Å². The third kappa shape index (κ3) is 3.74. The molecule has 1 amide bonds. The Morgan fingerprint density at radius 3 is 2.41 bits per heavy atom. The van der Waals surface area contributed by atoms with Gasteiger partial charge in [0.2, 0.25) is 5.88 Å². The second-order valence-corrected chi connectivity index (χ2v) is 7.97. The van der Waals surface area contributed by atoms with E-state index >= 15 is 0 Å². The summed E-state index contributed by atoms with van der Waals surface area (Å²) in [6.45, 7) is 3.45. The average molecular weight is 471 g/mol. The smallest absolute Gasteiger partial charge is 0.335 e. The van der Waals surface area contributed by atoms with Gasteiger partial charge in [-0.25, -0.2) is 9.36 Å². The molecule has 1 aliphatic heterocycles. The van der Waals surface area contributed by atoms with Gasteiger partial charge in [0.1, 0.15) is 5.56 Å². The van der Waals surface area contributed by atoms with E-state index in [4.69, 9.17) is 23.2 Å². The molecule has 162 valence electrons. The standard InChI is InChI=1S/C22H16Cl2N4O4/c1-11-3-6-14(7-4-11)27-20(30)16(19(29)25-22(27)32)10-15-12(2)26-28(21(15)31)18-9-13(23)5-8-17(18)24/h3-10,30H,1-2H3,(H,25,29,32). The van der Waals surface area contributed by atoms with Gasteiger partial charge < -0.3 is 5.11 Å². The van der Waals surface area contributed by atoms with Crippen LogP contribution in [0.4, 0.5) is 5.69 Å². The van der Waals surface area contributed by atoms with Crippen molar-refractivity contribution >= 4 is 46.6 Å². The SMILES string of the molecule is CC1=NN(c2cc(Cl)ccc2Cl)C(=O)C1=Cc1c(O)n(-c2ccc(C)cc2)c(=O)[nH]c1=O. The fourth-order valence-electron chi connectivity index (χ4n) is 3.24. The maximum Gasteiger partial charge on any atom is 0.335 e. The zero-order valence-corrected chi connectivity index (χ0v) is 18.4. The molecule has 0 unspecified atom stereocenters. The molecule has 0 spiro atoms. The van der Waals surface area contributed by atoms with Crippen LogP contribution in [0.2, 0.25) is 10.0 Å². The predicted molar refractivity (Wildman–Crippen MR) is 124 cm³/mol. The van der Waals surface area contributed by atoms with Gasteiger partial charge in [-0.05, 0) is 50.3 Å². The number of rotatable bonds is 3. The molecule has 2 heterocycles. The van der Waals surface area contributed by atoms with Crippen LogP contribution in [0, 0.1) is 6.92 Å². The van der Waals surface area contributed by atoms with Crippen molar-refractivity contribution in [2.75, 3.05) is 5.01 Å². The number of aromatic amines is 1. The first-order chi connectivity index (χ1) is 15.2. The second kappa shape index (κ2) is 8.14. The molecule has 0 aliphatic carbocycles. The highest BCUT2D eigenvalue weighted by atomic mass is 35.5. The number of aromatic nitrogens is 2. The van der Waals surface area contributed by atoms with Gasteiger partial charge in [0, 0.05) is 5.02 Å². The Bertz CT molecular complexity index is 1440. The van der Waals surface area contributed by atoms with Gasteiger partial charge in [0.25, 0.3) is 11.5 Å². The third-order valence-electron chi connectivity index (χ3n) is 4.90. The van der Waals surface area contributed by atoms with E-state index < -0.39 is 23.0 Å². The molecule has 2 N–H and O–H groups in total. The maximum atomic E-state index is 13.0. The van der Waals surface area contributed by atoms with Crippen LogP contribution in [0.5, 0.6) is 5.88 Å². The van der Waals surface area contributed by atoms with Crippen molar-refractivity contribution in [3.8, 4) is 11.6 Å². The van der Waals surface area contributed by atoms with Crippen LogP contribution in [0.1, 0.15) is 18.1 Å². The molecule has 0 saturated carbocycles. The van der Waals surface area contributed by atoms with Gasteiger partial charge in [-0.2, -0.15) is 10.1 Å². The Morgan fingerprint density at radius 2 is 1.72 bits per heavy atom. The van der Waals surface area contributed by atoms with Crippen LogP contribution in [0.15, 0.2) is 62.7 Å². The summed E-state index contributed by atoms with van der Waals surface area (Å²) in [6.07, 6.45) is 1.19. The molecular formula is C22H16Cl2N4O4. The molecule has 1 aliphatic rings. The van der Waals surface area contributed by atoms with Crippen LogP contribution >= 0.6 is 23.2 Å². The van der Waals surface area contributed by atoms with Crippen molar-refractivity contribution in [1.29, 1.82) is 0 Å². The number of carbonyl (C=O) groups is 1. The topological polar surface area (TPSA) is 108 Å². The fraction of sp³-hybridized carbons (Fsp3) is 0.0909. The maximum absolute atomic E-state index is 13.0. The Hall–Kier alpha value is -3.62. The lowest BCUT2D eigenvalue weighted by Crippen LogP contribution is -2.30. The number of benzene rings is 2. The lowest BCUT2D eigenvalue weighted by Gasteiger charge is -2.14. The molecule has 2 aromatic carbocycles. The first-order valence-corrected chi connectivity index (χ1v) is 10.1. The van der Waals surface area contributed by atoms with Gasteiger partial charge in [-0.3, -0.25) is 14.6 Å². The molecule has 1 aromatic heterocycles. The largest absolute Gasteiger partial charge is 0.494 e. The number of aromatic hydroxyl groups is 1. The number of nitrogens with one attached hydrogen (secondary N) is 1. The fourth-order valence-corrected chi connectivity index (χ4v) is 3.61. The molecule has 32 heavy (non-hydrogen) atoms. The zero-order valence-electron chi connectivity index (χ0n) is 16.9. The lowest BCUT2D eigenvalue weighted by molar-refractivity contribution is -0.114. The van der Waals surface area contributed by atoms with Crippen LogP contribution in [-0.2, 0) is 4.79 Å². The highest BCUT2D eigenvalue weighted by Gasteiger charge is 2.31. The van der Waals surface area contributed by atoms with E-state index in [-0.39, 0.29) is 27.6 Å². The minimum atomic E-state index is -0.844. The summed E-state index contributed by atoms with van der Waals surface area (Å²) in [6, 6.07) is 11.4. The predicted octanol–water partition coefficient (Wildman–Crippen LogP) is 3.65. The number of nitrogens with zero attached hydrogens (tertiary/aromatic N) is 3. The minimum absolute atomic E-state index is 0.0518. The Kier molecular flexibility index (Phi) is 5.50. The molecule has 0 bridgehead atoms. The van der Waals surface area contributed by atoms with Gasteiger partial charge in [-0.1, -0.05) is 40.9 Å². The van der Waals surface area contributed by atoms with E-state index in [1.165, 1.54) is 18.2 Å². The monoisotopic (exact) mass is 470 g/mol. The van der Waals surface area contributed by atoms with Crippen LogP contribution in [0.3, 0.4) is 0 Å². The first-order valence-electron chi connectivity index (χ1n) is 9.39. The van der Waals surface area contributed by atoms with Crippen molar-refractivity contribution in [3.63, 3.8) is 0 Å². The summed E-state index contributed by atoms with van der Waals surface area (Å²) in [4.78, 5) is 40.1. The van der Waals surface area contributed by atoms with E-state index in [2.05, 4.69) is 10.1 Å². The molecule has 3 aromatic rings. The Morgan fingerprint density at radius 1 is 1.03 bits per heavy atom. The normalized spacial score (nSPS) is 14.9. The minimum Gasteiger partial charge on any atom is -0.494 e. The summed E-state index contributed by atoms with van der Waals surface area (Å²) in [5, 5.41) is 16.7. The highest BCUT2D eigenvalue weighted by Crippen LogP contribution is 2.33. The Labute approximate surface area is 191 Å². The van der Waals surface area contributed by atoms with Crippen molar-refractivity contribution in [3.05, 3.63) is 90.0 Å². The van der Waals surface area contributed by atoms with E-state index in [0.29, 0.717) is 10.7 Å². The second-order valence-electron chi connectivity index (χ2n) is 7.12. The number of hydrazone groups is 1. The van der Waals surface area contributed by atoms with Gasteiger partial charge >= 0.3 is 5.69 Å². The van der Waals surface area contributed by atoms with Crippen LogP contribution < -0.4 is 16.3 Å². The van der Waals surface area contributed by atoms with E-state index in [1.807, 2.05) is 6.92 Å². The molecule has 8 nitrogen and oxygen atoms in total. The number of hydrogen-bond acceptors (Lipinski definition) is 5. The summed E-state index contributed by atoms with van der Waals surface area (Å²) < 4.78 is 0.949. The van der Waals surface area contributed by atoms with Crippen molar-refractivity contribution in [2.45, 2.75) is 13.8 Å². The number of halogens is 2. The zero-order chi connectivity index (χ0) is 23.2. The molecule has 0 saturated heterocycles. The molecule has 10 heteroatoms. The van der Waals surface area contributed by atoms with Gasteiger partial charge in [0.15, 0.2) is 0 Å². The lowest BCUT2D eigenvalue weighted by atomic mass is 10.1. The van der Waals surface area contributed by atoms with Crippen LogP contribution in [-0.4, -0.2) is 26.3 Å². The summed E-state index contributed by atoms with van der Waals surface area (Å²) in [5.74, 6) is -1.17. The third-order valence-corrected chi connectivity index (χ3v) is 5.46. The number of H-pyrrole nitrogens is 1. The number of amides is 1. The summed E-state index contributed by atoms with van der Waals surface area (Å²) in [7, 11) is 0. The van der Waals surface area contributed by atoms with Crippen molar-refractivity contribution in [2.24, 2.45) is 5.10 Å². The molecule has 0 radical (unpaired) electrons. The Balaban J connectivity index is 1.83. The summed E-state index contributed by atoms with van der Waals surface area (Å²) >= 11 is 12.2. The molecule has 0 atom stereocenters. The average Bonchev–Trinajstić information content (AvgIpc) is 3.01. The number of hydrogen-bond donors (Lipinski definition) is 2. The van der Waals surface area contributed by atoms with Crippen molar-refractivity contribution in [1.82, 2.24) is 9.55 Å². The molecule has 4 rings (SSSR count). The van der Waals surface area contributed by atoms with Gasteiger partial charge in [-0.15, -0.1) is 0 Å². The van der Waals surface area contributed by atoms with Gasteiger partial charge in [0.05, 0.1) is 27.7 Å². The molecular weight excluding hydrogens is 455 g/mol. The van der Waals surface area contributed by atoms with Crippen molar-refractivity contribution < 1.29 is 9.90 Å². The summed E-state index contributed by atoms with van der Waals surface area (Å²) in [5.41, 5.74) is 0.00326. The number of carbonyl (C=O) groups excluding carboxylic acids is 1. The first kappa shape index (κ1) is 21.6. The quantitative estimate of drug-likeness (QED) is 0.569. The highest BCUT2D eigenvalue weighted by molar-refractivity contribution is 6.38. The number of aryl methyl sites for hydroxylation is 1. The van der Waals surface area contributed by atoms with E-state index in [9.17, 15) is 19.5 Å². The van der Waals surface area contributed by atoms with Crippen LogP contribution in [0.25, 0.3) is 11.8 Å². The molecule has 0 fully saturated rings. The number of anilines is 1. The van der Waals surface area contributed by atoms with E-state index in [1.54, 1.807) is 37.3 Å².